The predicted molar refractivity (Wildman–Crippen MR) is 116 cm³/mol. The Morgan fingerprint density at radius 2 is 2.17 bits per heavy atom. The smallest absolute Gasteiger partial charge is 0.271 e. The van der Waals surface area contributed by atoms with E-state index in [1.807, 2.05) is 30.3 Å². The molecule has 0 aromatic carbocycles. The van der Waals surface area contributed by atoms with Gasteiger partial charge in [-0.05, 0) is 48.8 Å². The van der Waals surface area contributed by atoms with Crippen LogP contribution in [0.1, 0.15) is 35.8 Å². The Labute approximate surface area is 174 Å². The number of amides is 2. The first-order valence-electron chi connectivity index (χ1n) is 9.45. The Kier molecular flexibility index (Phi) is 6.17. The van der Waals surface area contributed by atoms with Crippen molar-refractivity contribution in [3.63, 3.8) is 0 Å². The highest BCUT2D eigenvalue weighted by Gasteiger charge is 2.36. The van der Waals surface area contributed by atoms with Crippen molar-refractivity contribution in [3.05, 3.63) is 41.6 Å². The van der Waals surface area contributed by atoms with Crippen molar-refractivity contribution in [2.45, 2.75) is 38.8 Å². The van der Waals surface area contributed by atoms with Crippen molar-refractivity contribution in [1.82, 2.24) is 15.3 Å². The van der Waals surface area contributed by atoms with Gasteiger partial charge in [0.15, 0.2) is 11.5 Å². The van der Waals surface area contributed by atoms with E-state index in [-0.39, 0.29) is 29.6 Å². The molecule has 3 rings (SSSR count). The fraction of sp³-hybridized carbons (Fsp3) is 0.400. The van der Waals surface area contributed by atoms with E-state index in [1.165, 1.54) is 17.4 Å². The first-order chi connectivity index (χ1) is 13.8. The van der Waals surface area contributed by atoms with Crippen molar-refractivity contribution >= 4 is 39.8 Å². The zero-order chi connectivity index (χ0) is 21.1. The second-order valence-electron chi connectivity index (χ2n) is 7.34. The van der Waals surface area contributed by atoms with E-state index in [1.54, 1.807) is 6.20 Å². The van der Waals surface area contributed by atoms with Crippen molar-refractivity contribution in [2.24, 2.45) is 11.7 Å². The van der Waals surface area contributed by atoms with Crippen LogP contribution in [0.5, 0.6) is 0 Å². The van der Waals surface area contributed by atoms with E-state index >= 15 is 0 Å². The summed E-state index contributed by atoms with van der Waals surface area (Å²) in [5.74, 6) is 0.402. The number of anilines is 3. The summed E-state index contributed by atoms with van der Waals surface area (Å²) in [4.78, 5) is 34.4. The zero-order valence-electron chi connectivity index (χ0n) is 16.8. The molecule has 0 radical (unpaired) electrons. The number of hydrogen-bond acceptors (Lipinski definition) is 7. The van der Waals surface area contributed by atoms with Crippen LogP contribution in [0.15, 0.2) is 30.3 Å². The molecule has 154 valence electrons. The van der Waals surface area contributed by atoms with E-state index in [2.05, 4.69) is 34.1 Å². The monoisotopic (exact) mass is 414 g/mol. The molecule has 2 aromatic rings. The van der Waals surface area contributed by atoms with Crippen LogP contribution in [0.3, 0.4) is 0 Å². The lowest BCUT2D eigenvalue weighted by Crippen LogP contribution is -2.42. The Balaban J connectivity index is 1.82. The molecule has 0 bridgehead atoms. The summed E-state index contributed by atoms with van der Waals surface area (Å²) in [5.41, 5.74) is 6.70. The molecule has 9 heteroatoms. The van der Waals surface area contributed by atoms with Crippen LogP contribution in [0, 0.1) is 12.8 Å². The number of primary amides is 1. The van der Waals surface area contributed by atoms with Gasteiger partial charge in [-0.15, -0.1) is 11.3 Å². The van der Waals surface area contributed by atoms with Crippen LogP contribution in [0.25, 0.3) is 0 Å². The number of nitrogens with zero attached hydrogens (tertiary/aromatic N) is 3. The molecule has 1 aliphatic carbocycles. The van der Waals surface area contributed by atoms with Gasteiger partial charge in [0.05, 0.1) is 11.2 Å². The third-order valence-electron chi connectivity index (χ3n) is 5.35. The number of nitrogens with two attached hydrogens (primary N) is 1. The number of rotatable bonds is 7. The van der Waals surface area contributed by atoms with Gasteiger partial charge in [-0.3, -0.25) is 9.59 Å². The van der Waals surface area contributed by atoms with Gasteiger partial charge in [0.2, 0.25) is 5.91 Å². The average molecular weight is 415 g/mol. The number of thiophene rings is 1. The van der Waals surface area contributed by atoms with Gasteiger partial charge in [0, 0.05) is 19.1 Å². The lowest BCUT2D eigenvalue weighted by molar-refractivity contribution is -0.117. The molecular formula is C20H26N6O2S. The number of aromatic nitrogens is 2. The number of aryl methyl sites for hydroxylation is 1. The van der Waals surface area contributed by atoms with E-state index in [4.69, 9.17) is 5.73 Å². The Bertz CT molecular complexity index is 927. The third-order valence-corrected chi connectivity index (χ3v) is 6.32. The summed E-state index contributed by atoms with van der Waals surface area (Å²) in [7, 11) is 1.95. The molecule has 0 aliphatic heterocycles. The van der Waals surface area contributed by atoms with Crippen LogP contribution in [0.2, 0.25) is 0 Å². The average Bonchev–Trinajstić information content (AvgIpc) is 3.26. The van der Waals surface area contributed by atoms with E-state index in [0.717, 1.165) is 23.4 Å². The van der Waals surface area contributed by atoms with Gasteiger partial charge < -0.3 is 21.3 Å². The number of hydrogen-bond donors (Lipinski definition) is 3. The maximum atomic E-state index is 11.8. The van der Waals surface area contributed by atoms with Gasteiger partial charge in [-0.25, -0.2) is 9.97 Å². The van der Waals surface area contributed by atoms with Crippen molar-refractivity contribution in [1.29, 1.82) is 0 Å². The van der Waals surface area contributed by atoms with E-state index in [9.17, 15) is 9.59 Å². The Hall–Kier alpha value is -2.94. The van der Waals surface area contributed by atoms with Crippen LogP contribution >= 0.6 is 11.3 Å². The van der Waals surface area contributed by atoms with Crippen molar-refractivity contribution in [3.8, 4) is 0 Å². The highest BCUT2D eigenvalue weighted by Crippen LogP contribution is 2.33. The van der Waals surface area contributed by atoms with Crippen LogP contribution in [-0.4, -0.2) is 40.9 Å². The molecule has 8 nitrogen and oxygen atoms in total. The predicted octanol–water partition coefficient (Wildman–Crippen LogP) is 2.59. The lowest BCUT2D eigenvalue weighted by atomic mass is 10.0. The number of nitrogens with one attached hydrogen (secondary N) is 2. The quantitative estimate of drug-likeness (QED) is 0.600. The highest BCUT2D eigenvalue weighted by atomic mass is 32.1. The number of carbonyl (C=O) groups is 2. The zero-order valence-corrected chi connectivity index (χ0v) is 17.6. The van der Waals surface area contributed by atoms with Crippen LogP contribution < -0.4 is 21.3 Å². The topological polar surface area (TPSA) is 113 Å². The highest BCUT2D eigenvalue weighted by molar-refractivity contribution is 7.14. The molecule has 1 unspecified atom stereocenters. The molecule has 1 saturated carbocycles. The summed E-state index contributed by atoms with van der Waals surface area (Å²) < 4.78 is 0. The largest absolute Gasteiger partial charge is 0.364 e. The van der Waals surface area contributed by atoms with Gasteiger partial charge in [-0.2, -0.15) is 0 Å². The van der Waals surface area contributed by atoms with Gasteiger partial charge >= 0.3 is 0 Å². The number of carbonyl (C=O) groups excluding carboxylic acids is 2. The molecule has 2 amide bonds. The Morgan fingerprint density at radius 3 is 2.79 bits per heavy atom. The van der Waals surface area contributed by atoms with Gasteiger partial charge in [0.25, 0.3) is 5.91 Å². The van der Waals surface area contributed by atoms with Crippen molar-refractivity contribution < 1.29 is 9.59 Å². The second kappa shape index (κ2) is 8.60. The standard InChI is InChI=1S/C20H26N6O2S/c1-5-16(27)23-13-6-7-14(12(13)3)26(4)15-9-22-18(19(21)28)20(24-15)25-17-8-11(2)10-29-17/h5,8-10,12-14H,1,6-7H2,2-4H3,(H2,21,28)(H,23,27)(H,24,25)/t12-,13?,14+/m0/s1. The summed E-state index contributed by atoms with van der Waals surface area (Å²) >= 11 is 1.52. The first-order valence-corrected chi connectivity index (χ1v) is 10.3. The van der Waals surface area contributed by atoms with E-state index in [0.29, 0.717) is 11.6 Å². The Morgan fingerprint density at radius 1 is 1.41 bits per heavy atom. The molecule has 4 N–H and O–H groups in total. The minimum Gasteiger partial charge on any atom is -0.364 e. The molecule has 0 saturated heterocycles. The molecule has 2 aromatic heterocycles. The molecule has 0 spiro atoms. The fourth-order valence-electron chi connectivity index (χ4n) is 3.74. The second-order valence-corrected chi connectivity index (χ2v) is 8.25. The molecule has 1 aliphatic rings. The molecule has 2 heterocycles. The van der Waals surface area contributed by atoms with E-state index < -0.39 is 5.91 Å². The van der Waals surface area contributed by atoms with Gasteiger partial charge in [-0.1, -0.05) is 13.5 Å². The van der Waals surface area contributed by atoms with Crippen molar-refractivity contribution in [2.75, 3.05) is 17.3 Å². The SMILES string of the molecule is C=CC(=O)NC1CC[C@@H](N(C)c2cnc(C(N)=O)c(Nc3cc(C)cs3)n2)[C@H]1C. The molecule has 1 fully saturated rings. The summed E-state index contributed by atoms with van der Waals surface area (Å²) in [6.07, 6.45) is 4.64. The summed E-state index contributed by atoms with van der Waals surface area (Å²) in [6.45, 7) is 7.62. The third kappa shape index (κ3) is 4.56. The first kappa shape index (κ1) is 20.8. The maximum absolute atomic E-state index is 11.8. The van der Waals surface area contributed by atoms with Crippen LogP contribution in [0.4, 0.5) is 16.6 Å². The molecule has 3 atom stereocenters. The molecular weight excluding hydrogens is 388 g/mol. The summed E-state index contributed by atoms with van der Waals surface area (Å²) in [5, 5.41) is 9.03. The molecule has 29 heavy (non-hydrogen) atoms. The lowest BCUT2D eigenvalue weighted by Gasteiger charge is -2.30. The fourth-order valence-corrected chi connectivity index (χ4v) is 4.53. The van der Waals surface area contributed by atoms with Gasteiger partial charge in [0.1, 0.15) is 5.82 Å². The maximum Gasteiger partial charge on any atom is 0.271 e. The normalized spacial score (nSPS) is 20.9. The minimum absolute atomic E-state index is 0.0810. The summed E-state index contributed by atoms with van der Waals surface area (Å²) in [6, 6.07) is 2.23. The van der Waals surface area contributed by atoms with Crippen LogP contribution in [-0.2, 0) is 4.79 Å². The minimum atomic E-state index is -0.635.